The van der Waals surface area contributed by atoms with E-state index in [9.17, 15) is 0 Å². The van der Waals surface area contributed by atoms with E-state index in [1.807, 2.05) is 18.7 Å². The maximum absolute atomic E-state index is 6.18. The SMILES string of the molecule is CC1CCC(Cl)CN1CCn1ccnc1. The lowest BCUT2D eigenvalue weighted by atomic mass is 10.0. The van der Waals surface area contributed by atoms with Crippen molar-refractivity contribution in [1.29, 1.82) is 0 Å². The first kappa shape index (κ1) is 11.0. The third kappa shape index (κ3) is 2.95. The molecule has 84 valence electrons. The summed E-state index contributed by atoms with van der Waals surface area (Å²) in [4.78, 5) is 6.51. The highest BCUT2D eigenvalue weighted by Crippen LogP contribution is 2.20. The minimum atomic E-state index is 0.337. The number of hydrogen-bond acceptors (Lipinski definition) is 2. The van der Waals surface area contributed by atoms with Crippen molar-refractivity contribution < 1.29 is 0 Å². The maximum atomic E-state index is 6.18. The maximum Gasteiger partial charge on any atom is 0.0946 e. The number of piperidine rings is 1. The van der Waals surface area contributed by atoms with Crippen LogP contribution in [0.3, 0.4) is 0 Å². The van der Waals surface area contributed by atoms with E-state index in [1.165, 1.54) is 6.42 Å². The molecule has 1 aliphatic rings. The topological polar surface area (TPSA) is 21.1 Å². The monoisotopic (exact) mass is 227 g/mol. The Balaban J connectivity index is 1.82. The first-order valence-corrected chi connectivity index (χ1v) is 6.03. The lowest BCUT2D eigenvalue weighted by Gasteiger charge is -2.35. The Morgan fingerprint density at radius 3 is 3.00 bits per heavy atom. The molecular formula is C11H18ClN3. The summed E-state index contributed by atoms with van der Waals surface area (Å²) >= 11 is 6.18. The van der Waals surface area contributed by atoms with Crippen molar-refractivity contribution in [2.75, 3.05) is 13.1 Å². The van der Waals surface area contributed by atoms with Gasteiger partial charge in [-0.3, -0.25) is 4.90 Å². The van der Waals surface area contributed by atoms with Gasteiger partial charge < -0.3 is 4.57 Å². The summed E-state index contributed by atoms with van der Waals surface area (Å²) in [6.45, 7) is 5.39. The third-order valence-electron chi connectivity index (χ3n) is 3.16. The van der Waals surface area contributed by atoms with E-state index in [1.54, 1.807) is 0 Å². The van der Waals surface area contributed by atoms with E-state index in [0.29, 0.717) is 11.4 Å². The van der Waals surface area contributed by atoms with Gasteiger partial charge in [-0.25, -0.2) is 4.98 Å². The third-order valence-corrected chi connectivity index (χ3v) is 3.51. The predicted octanol–water partition coefficient (Wildman–Crippen LogP) is 1.97. The van der Waals surface area contributed by atoms with Crippen LogP contribution in [-0.4, -0.2) is 39.0 Å². The molecule has 2 atom stereocenters. The van der Waals surface area contributed by atoms with Crippen LogP contribution in [-0.2, 0) is 6.54 Å². The van der Waals surface area contributed by atoms with Crippen molar-refractivity contribution in [3.05, 3.63) is 18.7 Å². The van der Waals surface area contributed by atoms with Gasteiger partial charge in [0.15, 0.2) is 0 Å². The van der Waals surface area contributed by atoms with Gasteiger partial charge in [-0.2, -0.15) is 0 Å². The fourth-order valence-electron chi connectivity index (χ4n) is 2.10. The highest BCUT2D eigenvalue weighted by Gasteiger charge is 2.23. The standard InChI is InChI=1S/C11H18ClN3/c1-10-2-3-11(12)8-15(10)7-6-14-5-4-13-9-14/h4-5,9-11H,2-3,6-8H2,1H3. The number of aromatic nitrogens is 2. The minimum Gasteiger partial charge on any atom is -0.336 e. The molecule has 1 fully saturated rings. The van der Waals surface area contributed by atoms with E-state index < -0.39 is 0 Å². The van der Waals surface area contributed by atoms with Crippen LogP contribution >= 0.6 is 11.6 Å². The summed E-state index contributed by atoms with van der Waals surface area (Å²) in [6.07, 6.45) is 8.08. The van der Waals surface area contributed by atoms with Crippen LogP contribution in [0.1, 0.15) is 19.8 Å². The molecule has 0 radical (unpaired) electrons. The fourth-order valence-corrected chi connectivity index (χ4v) is 2.41. The highest BCUT2D eigenvalue weighted by atomic mass is 35.5. The summed E-state index contributed by atoms with van der Waals surface area (Å²) in [7, 11) is 0. The van der Waals surface area contributed by atoms with Gasteiger partial charge in [-0.1, -0.05) is 0 Å². The second-order valence-electron chi connectivity index (χ2n) is 4.32. The van der Waals surface area contributed by atoms with E-state index in [-0.39, 0.29) is 0 Å². The summed E-state index contributed by atoms with van der Waals surface area (Å²) in [6, 6.07) is 0.670. The van der Waals surface area contributed by atoms with Crippen molar-refractivity contribution in [3.63, 3.8) is 0 Å². The second kappa shape index (κ2) is 4.99. The molecule has 0 saturated carbocycles. The van der Waals surface area contributed by atoms with Crippen molar-refractivity contribution in [2.24, 2.45) is 0 Å². The largest absolute Gasteiger partial charge is 0.336 e. The van der Waals surface area contributed by atoms with Crippen LogP contribution in [0.25, 0.3) is 0 Å². The Kier molecular flexibility index (Phi) is 3.65. The number of rotatable bonds is 3. The summed E-state index contributed by atoms with van der Waals surface area (Å²) < 4.78 is 2.12. The van der Waals surface area contributed by atoms with Crippen LogP contribution < -0.4 is 0 Å². The summed E-state index contributed by atoms with van der Waals surface area (Å²) in [5.41, 5.74) is 0. The first-order chi connectivity index (χ1) is 7.25. The lowest BCUT2D eigenvalue weighted by Crippen LogP contribution is -2.43. The van der Waals surface area contributed by atoms with Crippen molar-refractivity contribution in [1.82, 2.24) is 14.5 Å². The van der Waals surface area contributed by atoms with Crippen LogP contribution in [0, 0.1) is 0 Å². The van der Waals surface area contributed by atoms with E-state index >= 15 is 0 Å². The summed E-state index contributed by atoms with van der Waals surface area (Å²) in [5, 5.41) is 0.337. The number of imidazole rings is 1. The summed E-state index contributed by atoms with van der Waals surface area (Å²) in [5.74, 6) is 0. The quantitative estimate of drug-likeness (QED) is 0.737. The number of nitrogens with zero attached hydrogens (tertiary/aromatic N) is 3. The predicted molar refractivity (Wildman–Crippen MR) is 62.1 cm³/mol. The smallest absolute Gasteiger partial charge is 0.0946 e. The van der Waals surface area contributed by atoms with Crippen LogP contribution in [0.15, 0.2) is 18.7 Å². The molecule has 0 spiro atoms. The van der Waals surface area contributed by atoms with E-state index in [0.717, 1.165) is 26.1 Å². The van der Waals surface area contributed by atoms with Gasteiger partial charge in [0.05, 0.1) is 6.33 Å². The molecule has 4 heteroatoms. The molecule has 0 aromatic carbocycles. The number of likely N-dealkylation sites (tertiary alicyclic amines) is 1. The molecule has 3 nitrogen and oxygen atoms in total. The zero-order chi connectivity index (χ0) is 10.7. The van der Waals surface area contributed by atoms with Gasteiger partial charge in [0.25, 0.3) is 0 Å². The molecule has 2 unspecified atom stereocenters. The molecule has 0 amide bonds. The fraction of sp³-hybridized carbons (Fsp3) is 0.727. The Bertz CT molecular complexity index is 286. The zero-order valence-electron chi connectivity index (χ0n) is 9.14. The van der Waals surface area contributed by atoms with Gasteiger partial charge in [0, 0.05) is 43.4 Å². The first-order valence-electron chi connectivity index (χ1n) is 5.59. The molecule has 2 heterocycles. The van der Waals surface area contributed by atoms with Crippen LogP contribution in [0.4, 0.5) is 0 Å². The van der Waals surface area contributed by atoms with E-state index in [4.69, 9.17) is 11.6 Å². The molecule has 1 aromatic heterocycles. The molecule has 1 aromatic rings. The average molecular weight is 228 g/mol. The van der Waals surface area contributed by atoms with Gasteiger partial charge in [-0.05, 0) is 19.8 Å². The average Bonchev–Trinajstić information content (AvgIpc) is 2.72. The molecule has 1 saturated heterocycles. The Morgan fingerprint density at radius 2 is 2.27 bits per heavy atom. The van der Waals surface area contributed by atoms with Crippen LogP contribution in [0.2, 0.25) is 0 Å². The van der Waals surface area contributed by atoms with Gasteiger partial charge in [0.2, 0.25) is 0 Å². The van der Waals surface area contributed by atoms with Gasteiger partial charge in [-0.15, -0.1) is 11.6 Å². The number of halogens is 1. The molecule has 0 bridgehead atoms. The van der Waals surface area contributed by atoms with Crippen LogP contribution in [0.5, 0.6) is 0 Å². The normalized spacial score (nSPS) is 28.1. The Labute approximate surface area is 96.0 Å². The molecule has 1 aliphatic heterocycles. The highest BCUT2D eigenvalue weighted by molar-refractivity contribution is 6.20. The van der Waals surface area contributed by atoms with Gasteiger partial charge in [0.1, 0.15) is 0 Å². The van der Waals surface area contributed by atoms with Crippen molar-refractivity contribution >= 4 is 11.6 Å². The molecule has 2 rings (SSSR count). The molecule has 0 aliphatic carbocycles. The number of alkyl halides is 1. The van der Waals surface area contributed by atoms with Crippen molar-refractivity contribution in [2.45, 2.75) is 37.7 Å². The number of hydrogen-bond donors (Lipinski definition) is 0. The van der Waals surface area contributed by atoms with E-state index in [2.05, 4.69) is 21.4 Å². The Hall–Kier alpha value is -0.540. The molecule has 0 N–H and O–H groups in total. The second-order valence-corrected chi connectivity index (χ2v) is 4.94. The zero-order valence-corrected chi connectivity index (χ0v) is 9.90. The minimum absolute atomic E-state index is 0.337. The Morgan fingerprint density at radius 1 is 1.40 bits per heavy atom. The molecular weight excluding hydrogens is 210 g/mol. The van der Waals surface area contributed by atoms with Crippen molar-refractivity contribution in [3.8, 4) is 0 Å². The van der Waals surface area contributed by atoms with Gasteiger partial charge >= 0.3 is 0 Å². The molecule has 15 heavy (non-hydrogen) atoms. The lowest BCUT2D eigenvalue weighted by molar-refractivity contribution is 0.158.